The molecule has 0 aliphatic carbocycles. The summed E-state index contributed by atoms with van der Waals surface area (Å²) in [6.45, 7) is 2.00. The van der Waals surface area contributed by atoms with E-state index in [9.17, 15) is 22.8 Å². The third-order valence-electron chi connectivity index (χ3n) is 2.20. The summed E-state index contributed by atoms with van der Waals surface area (Å²) >= 11 is 0. The number of carbonyl (C=O) groups excluding carboxylic acids is 2. The first kappa shape index (κ1) is 14.8. The number of urea groups is 1. The van der Waals surface area contributed by atoms with E-state index in [-0.39, 0.29) is 5.69 Å². The Bertz CT molecular complexity index is 500. The molecule has 0 aliphatic rings. The van der Waals surface area contributed by atoms with Crippen molar-refractivity contribution in [1.82, 2.24) is 5.32 Å². The highest BCUT2D eigenvalue weighted by molar-refractivity contribution is 6.02. The Morgan fingerprint density at radius 3 is 2.42 bits per heavy atom. The van der Waals surface area contributed by atoms with Crippen LogP contribution in [0.15, 0.2) is 18.2 Å². The van der Waals surface area contributed by atoms with E-state index in [2.05, 4.69) is 10.6 Å². The fourth-order valence-electron chi connectivity index (χ4n) is 1.36. The second kappa shape index (κ2) is 5.59. The van der Waals surface area contributed by atoms with Crippen LogP contribution in [0.5, 0.6) is 0 Å². The lowest BCUT2D eigenvalue weighted by Crippen LogP contribution is -2.29. The molecule has 3 amide bonds. The molecule has 0 radical (unpaired) electrons. The summed E-state index contributed by atoms with van der Waals surface area (Å²) in [6.07, 6.45) is -4.59. The number of amides is 3. The summed E-state index contributed by atoms with van der Waals surface area (Å²) in [6, 6.07) is 1.71. The first-order valence-electron chi connectivity index (χ1n) is 5.31. The van der Waals surface area contributed by atoms with Crippen molar-refractivity contribution in [2.45, 2.75) is 13.1 Å². The molecule has 0 bridgehead atoms. The molecule has 0 unspecified atom stereocenters. The third kappa shape index (κ3) is 3.87. The van der Waals surface area contributed by atoms with Crippen LogP contribution in [-0.4, -0.2) is 18.5 Å². The van der Waals surface area contributed by atoms with E-state index in [4.69, 9.17) is 5.73 Å². The zero-order valence-electron chi connectivity index (χ0n) is 9.97. The number of hydrogen-bond donors (Lipinski definition) is 3. The van der Waals surface area contributed by atoms with Crippen LogP contribution in [0.3, 0.4) is 0 Å². The number of halogens is 3. The number of nitrogens with one attached hydrogen (secondary N) is 2. The monoisotopic (exact) mass is 275 g/mol. The molecule has 0 saturated heterocycles. The predicted molar refractivity (Wildman–Crippen MR) is 62.7 cm³/mol. The van der Waals surface area contributed by atoms with Gasteiger partial charge in [0.25, 0.3) is 5.91 Å². The molecule has 19 heavy (non-hydrogen) atoms. The van der Waals surface area contributed by atoms with Crippen molar-refractivity contribution in [2.75, 3.05) is 11.9 Å². The number of rotatable bonds is 3. The molecule has 104 valence electrons. The van der Waals surface area contributed by atoms with E-state index in [1.54, 1.807) is 6.92 Å². The number of anilines is 1. The Morgan fingerprint density at radius 1 is 1.32 bits per heavy atom. The molecular weight excluding hydrogens is 263 g/mol. The summed E-state index contributed by atoms with van der Waals surface area (Å²) in [5.41, 5.74) is 3.51. The van der Waals surface area contributed by atoms with Crippen molar-refractivity contribution >= 4 is 17.6 Å². The Labute approximate surface area is 107 Å². The highest BCUT2D eigenvalue weighted by atomic mass is 19.4. The van der Waals surface area contributed by atoms with Crippen molar-refractivity contribution in [3.63, 3.8) is 0 Å². The molecule has 0 aromatic heterocycles. The van der Waals surface area contributed by atoms with Crippen molar-refractivity contribution in [2.24, 2.45) is 5.73 Å². The van der Waals surface area contributed by atoms with E-state index in [1.165, 1.54) is 0 Å². The van der Waals surface area contributed by atoms with Gasteiger partial charge < -0.3 is 16.4 Å². The Kier molecular flexibility index (Phi) is 4.36. The molecule has 1 aromatic rings. The number of primary amides is 1. The molecular formula is C11H12F3N3O2. The fourth-order valence-corrected chi connectivity index (χ4v) is 1.36. The first-order chi connectivity index (χ1) is 8.75. The number of carbonyl (C=O) groups is 2. The normalized spacial score (nSPS) is 10.9. The highest BCUT2D eigenvalue weighted by Gasteiger charge is 2.31. The quantitative estimate of drug-likeness (QED) is 0.787. The molecule has 8 heteroatoms. The minimum Gasteiger partial charge on any atom is -0.366 e. The van der Waals surface area contributed by atoms with Crippen LogP contribution < -0.4 is 16.4 Å². The van der Waals surface area contributed by atoms with Crippen molar-refractivity contribution in [3.05, 3.63) is 29.3 Å². The van der Waals surface area contributed by atoms with Gasteiger partial charge in [-0.25, -0.2) is 4.79 Å². The van der Waals surface area contributed by atoms with Crippen molar-refractivity contribution in [3.8, 4) is 0 Å². The second-order valence-corrected chi connectivity index (χ2v) is 3.61. The predicted octanol–water partition coefficient (Wildman–Crippen LogP) is 1.95. The lowest BCUT2D eigenvalue weighted by atomic mass is 10.1. The Hall–Kier alpha value is -2.25. The topological polar surface area (TPSA) is 84.2 Å². The molecule has 0 atom stereocenters. The van der Waals surface area contributed by atoms with Gasteiger partial charge in [0.05, 0.1) is 16.8 Å². The standard InChI is InChI=1S/C11H12F3N3O2/c1-2-16-10(19)17-8-4-3-6(11(12,13)14)5-7(8)9(15)18/h3-5H,2H2,1H3,(H2,15,18)(H2,16,17,19). The Balaban J connectivity index is 3.12. The average molecular weight is 275 g/mol. The van der Waals surface area contributed by atoms with Gasteiger partial charge in [-0.2, -0.15) is 13.2 Å². The summed E-state index contributed by atoms with van der Waals surface area (Å²) < 4.78 is 37.5. The van der Waals surface area contributed by atoms with Crippen LogP contribution >= 0.6 is 0 Å². The summed E-state index contributed by atoms with van der Waals surface area (Å²) in [4.78, 5) is 22.4. The molecule has 1 rings (SSSR count). The Morgan fingerprint density at radius 2 is 1.95 bits per heavy atom. The lowest BCUT2D eigenvalue weighted by Gasteiger charge is -2.12. The molecule has 0 fully saturated rings. The summed E-state index contributed by atoms with van der Waals surface area (Å²) in [7, 11) is 0. The van der Waals surface area contributed by atoms with E-state index in [0.717, 1.165) is 12.1 Å². The van der Waals surface area contributed by atoms with Crippen LogP contribution in [-0.2, 0) is 6.18 Å². The van der Waals surface area contributed by atoms with Gasteiger partial charge in [0.15, 0.2) is 0 Å². The van der Waals surface area contributed by atoms with Crippen LogP contribution in [0, 0.1) is 0 Å². The van der Waals surface area contributed by atoms with Crippen molar-refractivity contribution < 1.29 is 22.8 Å². The largest absolute Gasteiger partial charge is 0.416 e. The van der Waals surface area contributed by atoms with Gasteiger partial charge in [-0.3, -0.25) is 4.79 Å². The number of hydrogen-bond acceptors (Lipinski definition) is 2. The fraction of sp³-hybridized carbons (Fsp3) is 0.273. The molecule has 0 heterocycles. The van der Waals surface area contributed by atoms with E-state index in [0.29, 0.717) is 12.6 Å². The summed E-state index contributed by atoms with van der Waals surface area (Å²) in [5.74, 6) is -1.06. The van der Waals surface area contributed by atoms with Crippen LogP contribution in [0.2, 0.25) is 0 Å². The molecule has 0 aliphatic heterocycles. The van der Waals surface area contributed by atoms with Gasteiger partial charge in [-0.05, 0) is 25.1 Å². The van der Waals surface area contributed by atoms with Crippen molar-refractivity contribution in [1.29, 1.82) is 0 Å². The maximum atomic E-state index is 12.5. The maximum absolute atomic E-state index is 12.5. The van der Waals surface area contributed by atoms with E-state index < -0.39 is 29.2 Å². The molecule has 4 N–H and O–H groups in total. The zero-order valence-corrected chi connectivity index (χ0v) is 9.97. The summed E-state index contributed by atoms with van der Waals surface area (Å²) in [5, 5.41) is 4.63. The van der Waals surface area contributed by atoms with E-state index in [1.807, 2.05) is 0 Å². The third-order valence-corrected chi connectivity index (χ3v) is 2.20. The minimum atomic E-state index is -4.59. The second-order valence-electron chi connectivity index (χ2n) is 3.61. The van der Waals surface area contributed by atoms with Crippen LogP contribution in [0.4, 0.5) is 23.7 Å². The maximum Gasteiger partial charge on any atom is 0.416 e. The van der Waals surface area contributed by atoms with Gasteiger partial charge >= 0.3 is 12.2 Å². The van der Waals surface area contributed by atoms with Gasteiger partial charge in [0.2, 0.25) is 0 Å². The van der Waals surface area contributed by atoms with Gasteiger partial charge in [0.1, 0.15) is 0 Å². The van der Waals surface area contributed by atoms with Gasteiger partial charge in [0, 0.05) is 6.54 Å². The lowest BCUT2D eigenvalue weighted by molar-refractivity contribution is -0.137. The van der Waals surface area contributed by atoms with Gasteiger partial charge in [-0.15, -0.1) is 0 Å². The average Bonchev–Trinajstić information content (AvgIpc) is 2.27. The number of alkyl halides is 3. The minimum absolute atomic E-state index is 0.0774. The van der Waals surface area contributed by atoms with Crippen LogP contribution in [0.25, 0.3) is 0 Å². The zero-order chi connectivity index (χ0) is 14.6. The smallest absolute Gasteiger partial charge is 0.366 e. The molecule has 5 nitrogen and oxygen atoms in total. The number of nitrogens with two attached hydrogens (primary N) is 1. The van der Waals surface area contributed by atoms with E-state index >= 15 is 0 Å². The SMILES string of the molecule is CCNC(=O)Nc1ccc(C(F)(F)F)cc1C(N)=O. The van der Waals surface area contributed by atoms with Crippen LogP contribution in [0.1, 0.15) is 22.8 Å². The molecule has 0 saturated carbocycles. The van der Waals surface area contributed by atoms with Gasteiger partial charge in [-0.1, -0.05) is 0 Å². The molecule has 1 aromatic carbocycles. The number of benzene rings is 1. The molecule has 0 spiro atoms. The first-order valence-corrected chi connectivity index (χ1v) is 5.31. The highest BCUT2D eigenvalue weighted by Crippen LogP contribution is 2.31.